The van der Waals surface area contributed by atoms with Gasteiger partial charge in [-0.05, 0) is 48.4 Å². The number of aromatic nitrogens is 2. The second-order valence-corrected chi connectivity index (χ2v) is 5.90. The van der Waals surface area contributed by atoms with Gasteiger partial charge >= 0.3 is 0 Å². The van der Waals surface area contributed by atoms with Crippen LogP contribution in [0.1, 0.15) is 24.1 Å². The molecule has 0 bridgehead atoms. The number of nitrogens with zero attached hydrogens (tertiary/aromatic N) is 2. The highest BCUT2D eigenvalue weighted by molar-refractivity contribution is 5.92. The van der Waals surface area contributed by atoms with Gasteiger partial charge in [-0.15, -0.1) is 0 Å². The number of imidazole rings is 1. The van der Waals surface area contributed by atoms with Gasteiger partial charge in [0.05, 0.1) is 19.5 Å². The second-order valence-electron chi connectivity index (χ2n) is 5.90. The van der Waals surface area contributed by atoms with Crippen LogP contribution >= 0.6 is 0 Å². The van der Waals surface area contributed by atoms with E-state index in [9.17, 15) is 4.79 Å². The van der Waals surface area contributed by atoms with Crippen LogP contribution in [0.25, 0.3) is 11.8 Å². The van der Waals surface area contributed by atoms with Gasteiger partial charge in [0, 0.05) is 24.2 Å². The van der Waals surface area contributed by atoms with E-state index in [-0.39, 0.29) is 11.9 Å². The van der Waals surface area contributed by atoms with Crippen molar-refractivity contribution in [1.82, 2.24) is 14.9 Å². The second kappa shape index (κ2) is 8.16. The van der Waals surface area contributed by atoms with Crippen molar-refractivity contribution in [3.63, 3.8) is 0 Å². The van der Waals surface area contributed by atoms with E-state index in [1.165, 1.54) is 6.08 Å². The van der Waals surface area contributed by atoms with E-state index in [1.807, 2.05) is 66.2 Å². The van der Waals surface area contributed by atoms with Gasteiger partial charge in [-0.2, -0.15) is 0 Å². The molecular formula is C21H21N3O2. The summed E-state index contributed by atoms with van der Waals surface area (Å²) in [6.45, 7) is 1.96. The summed E-state index contributed by atoms with van der Waals surface area (Å²) < 4.78 is 7.11. The fourth-order valence-electron chi connectivity index (χ4n) is 2.61. The Bertz CT molecular complexity index is 884. The first-order chi connectivity index (χ1) is 12.7. The summed E-state index contributed by atoms with van der Waals surface area (Å²) in [6.07, 6.45) is 8.69. The highest BCUT2D eigenvalue weighted by atomic mass is 16.5. The topological polar surface area (TPSA) is 56.1 Å². The van der Waals surface area contributed by atoms with Crippen molar-refractivity contribution < 1.29 is 9.53 Å². The van der Waals surface area contributed by atoms with Crippen molar-refractivity contribution in [2.24, 2.45) is 0 Å². The molecule has 5 heteroatoms. The molecule has 26 heavy (non-hydrogen) atoms. The van der Waals surface area contributed by atoms with Gasteiger partial charge in [-0.1, -0.05) is 24.3 Å². The average Bonchev–Trinajstić information content (AvgIpc) is 3.21. The standard InChI is InChI=1S/C21H21N3O2/c1-16(18-7-9-19(10-8-18)24-13-12-22-15-24)23-21(25)11-6-17-4-3-5-20(14-17)26-2/h3-16H,1-2H3,(H,23,25). The molecule has 0 saturated heterocycles. The lowest BCUT2D eigenvalue weighted by Gasteiger charge is -2.13. The van der Waals surface area contributed by atoms with Crippen LogP contribution in [0.5, 0.6) is 5.75 Å². The Balaban J connectivity index is 1.60. The fraction of sp³-hybridized carbons (Fsp3) is 0.143. The van der Waals surface area contributed by atoms with Crippen LogP contribution < -0.4 is 10.1 Å². The maximum Gasteiger partial charge on any atom is 0.244 e. The Kier molecular flexibility index (Phi) is 5.49. The third kappa shape index (κ3) is 4.39. The number of hydrogen-bond acceptors (Lipinski definition) is 3. The quantitative estimate of drug-likeness (QED) is 0.691. The van der Waals surface area contributed by atoms with Crippen molar-refractivity contribution in [2.75, 3.05) is 7.11 Å². The molecule has 1 heterocycles. The number of carbonyl (C=O) groups is 1. The normalized spacial score (nSPS) is 12.1. The SMILES string of the molecule is COc1cccc(C=CC(=O)NC(C)c2ccc(-n3ccnc3)cc2)c1. The van der Waals surface area contributed by atoms with E-state index < -0.39 is 0 Å². The van der Waals surface area contributed by atoms with Crippen LogP contribution in [0, 0.1) is 0 Å². The maximum atomic E-state index is 12.2. The molecule has 0 spiro atoms. The first-order valence-corrected chi connectivity index (χ1v) is 8.36. The molecule has 0 aliphatic carbocycles. The molecule has 2 aromatic carbocycles. The maximum absolute atomic E-state index is 12.2. The van der Waals surface area contributed by atoms with E-state index in [0.717, 1.165) is 22.6 Å². The van der Waals surface area contributed by atoms with Crippen molar-refractivity contribution in [3.8, 4) is 11.4 Å². The van der Waals surface area contributed by atoms with Crippen molar-refractivity contribution in [1.29, 1.82) is 0 Å². The Morgan fingerprint density at radius 3 is 2.73 bits per heavy atom. The Labute approximate surface area is 153 Å². The molecule has 1 amide bonds. The van der Waals surface area contributed by atoms with Gasteiger partial charge in [0.15, 0.2) is 0 Å². The van der Waals surface area contributed by atoms with Crippen molar-refractivity contribution >= 4 is 12.0 Å². The minimum Gasteiger partial charge on any atom is -0.497 e. The summed E-state index contributed by atoms with van der Waals surface area (Å²) in [6, 6.07) is 15.5. The average molecular weight is 347 g/mol. The van der Waals surface area contributed by atoms with Gasteiger partial charge in [0.25, 0.3) is 0 Å². The van der Waals surface area contributed by atoms with Gasteiger partial charge in [-0.3, -0.25) is 4.79 Å². The first-order valence-electron chi connectivity index (χ1n) is 8.36. The number of benzene rings is 2. The predicted molar refractivity (Wildman–Crippen MR) is 102 cm³/mol. The molecule has 5 nitrogen and oxygen atoms in total. The molecule has 1 unspecified atom stereocenters. The number of hydrogen-bond donors (Lipinski definition) is 1. The Morgan fingerprint density at radius 2 is 2.04 bits per heavy atom. The van der Waals surface area contributed by atoms with Crippen LogP contribution in [0.15, 0.2) is 73.3 Å². The predicted octanol–water partition coefficient (Wildman–Crippen LogP) is 3.77. The summed E-state index contributed by atoms with van der Waals surface area (Å²) in [4.78, 5) is 16.2. The molecule has 0 saturated carbocycles. The van der Waals surface area contributed by atoms with Crippen LogP contribution in [0.2, 0.25) is 0 Å². The fourth-order valence-corrected chi connectivity index (χ4v) is 2.61. The highest BCUT2D eigenvalue weighted by Crippen LogP contribution is 2.16. The summed E-state index contributed by atoms with van der Waals surface area (Å²) >= 11 is 0. The molecule has 0 aliphatic heterocycles. The third-order valence-corrected chi connectivity index (χ3v) is 4.08. The third-order valence-electron chi connectivity index (χ3n) is 4.08. The van der Waals surface area contributed by atoms with Crippen LogP contribution in [-0.4, -0.2) is 22.6 Å². The highest BCUT2D eigenvalue weighted by Gasteiger charge is 2.08. The molecule has 1 atom stereocenters. The molecule has 0 fully saturated rings. The molecule has 1 aromatic heterocycles. The van der Waals surface area contributed by atoms with Gasteiger partial charge in [0.2, 0.25) is 5.91 Å². The van der Waals surface area contributed by atoms with E-state index in [4.69, 9.17) is 4.74 Å². The lowest BCUT2D eigenvalue weighted by atomic mass is 10.1. The smallest absolute Gasteiger partial charge is 0.244 e. The van der Waals surface area contributed by atoms with E-state index in [2.05, 4.69) is 10.3 Å². The molecule has 1 N–H and O–H groups in total. The minimum absolute atomic E-state index is 0.0886. The summed E-state index contributed by atoms with van der Waals surface area (Å²) in [5, 5.41) is 2.97. The number of rotatable bonds is 6. The van der Waals surface area contributed by atoms with Gasteiger partial charge in [0.1, 0.15) is 5.75 Å². The zero-order valence-electron chi connectivity index (χ0n) is 14.8. The monoisotopic (exact) mass is 347 g/mol. The number of ether oxygens (including phenoxy) is 1. The summed E-state index contributed by atoms with van der Waals surface area (Å²) in [5.41, 5.74) is 2.98. The zero-order chi connectivity index (χ0) is 18.4. The molecule has 132 valence electrons. The van der Waals surface area contributed by atoms with Crippen LogP contribution in [-0.2, 0) is 4.79 Å². The molecule has 0 aliphatic rings. The van der Waals surface area contributed by atoms with E-state index in [1.54, 1.807) is 25.7 Å². The minimum atomic E-state index is -0.140. The number of methoxy groups -OCH3 is 1. The largest absolute Gasteiger partial charge is 0.497 e. The van der Waals surface area contributed by atoms with Crippen LogP contribution in [0.4, 0.5) is 0 Å². The molecule has 3 aromatic rings. The van der Waals surface area contributed by atoms with Crippen LogP contribution in [0.3, 0.4) is 0 Å². The number of amides is 1. The van der Waals surface area contributed by atoms with E-state index >= 15 is 0 Å². The molecular weight excluding hydrogens is 326 g/mol. The van der Waals surface area contributed by atoms with E-state index in [0.29, 0.717) is 0 Å². The van der Waals surface area contributed by atoms with Crippen molar-refractivity contribution in [2.45, 2.75) is 13.0 Å². The lowest BCUT2D eigenvalue weighted by Crippen LogP contribution is -2.24. The Hall–Kier alpha value is -3.34. The van der Waals surface area contributed by atoms with Crippen molar-refractivity contribution in [3.05, 3.63) is 84.5 Å². The molecule has 3 rings (SSSR count). The summed E-state index contributed by atoms with van der Waals surface area (Å²) in [7, 11) is 1.62. The van der Waals surface area contributed by atoms with Gasteiger partial charge in [-0.25, -0.2) is 4.98 Å². The summed E-state index contributed by atoms with van der Waals surface area (Å²) in [5.74, 6) is 0.623. The first kappa shape index (κ1) is 17.5. The number of nitrogens with one attached hydrogen (secondary N) is 1. The Morgan fingerprint density at radius 1 is 1.23 bits per heavy atom. The molecule has 0 radical (unpaired) electrons. The lowest BCUT2D eigenvalue weighted by molar-refractivity contribution is -0.117. The number of carbonyl (C=O) groups excluding carboxylic acids is 1. The zero-order valence-corrected chi connectivity index (χ0v) is 14.8. The van der Waals surface area contributed by atoms with Gasteiger partial charge < -0.3 is 14.6 Å².